The number of methoxy groups -OCH3 is 1. The number of thioether (sulfide) groups is 1. The number of amides is 1. The lowest BCUT2D eigenvalue weighted by Gasteiger charge is -2.24. The molecule has 108 valence electrons. The fraction of sp³-hybridized carbons (Fsp3) is 0.250. The molecule has 5 heteroatoms. The Hall–Kier alpha value is -2.01. The summed E-state index contributed by atoms with van der Waals surface area (Å²) in [6.45, 7) is 0.737. The van der Waals surface area contributed by atoms with Crippen LogP contribution in [0.5, 0.6) is 5.75 Å². The van der Waals surface area contributed by atoms with Crippen LogP contribution in [0.15, 0.2) is 48.8 Å². The van der Waals surface area contributed by atoms with Crippen LogP contribution in [0.25, 0.3) is 0 Å². The monoisotopic (exact) mass is 300 g/mol. The predicted molar refractivity (Wildman–Crippen MR) is 83.5 cm³/mol. The summed E-state index contributed by atoms with van der Waals surface area (Å²) in [7, 11) is 1.59. The van der Waals surface area contributed by atoms with Crippen LogP contribution in [-0.2, 0) is 0 Å². The van der Waals surface area contributed by atoms with Gasteiger partial charge >= 0.3 is 0 Å². The molecule has 1 saturated heterocycles. The summed E-state index contributed by atoms with van der Waals surface area (Å²) in [5, 5.41) is 0.0242. The van der Waals surface area contributed by atoms with Gasteiger partial charge in [0.15, 0.2) is 0 Å². The van der Waals surface area contributed by atoms with Crippen molar-refractivity contribution in [3.05, 3.63) is 59.9 Å². The van der Waals surface area contributed by atoms with Crippen molar-refractivity contribution < 1.29 is 9.53 Å². The van der Waals surface area contributed by atoms with Crippen molar-refractivity contribution in [1.29, 1.82) is 0 Å². The Labute approximate surface area is 128 Å². The SMILES string of the molecule is COc1ccccc1C(=O)N1CCS[C@H]1c1cccnc1. The normalized spacial score (nSPS) is 17.8. The first kappa shape index (κ1) is 13.9. The molecule has 0 bridgehead atoms. The Morgan fingerprint density at radius 2 is 2.19 bits per heavy atom. The van der Waals surface area contributed by atoms with E-state index in [1.54, 1.807) is 25.1 Å². The quantitative estimate of drug-likeness (QED) is 0.874. The number of carbonyl (C=O) groups excluding carboxylic acids is 1. The molecule has 4 nitrogen and oxygen atoms in total. The molecule has 0 radical (unpaired) electrons. The number of aromatic nitrogens is 1. The Morgan fingerprint density at radius 3 is 2.95 bits per heavy atom. The van der Waals surface area contributed by atoms with Crippen LogP contribution >= 0.6 is 11.8 Å². The van der Waals surface area contributed by atoms with Gasteiger partial charge in [-0.25, -0.2) is 0 Å². The molecule has 1 fully saturated rings. The van der Waals surface area contributed by atoms with E-state index < -0.39 is 0 Å². The topological polar surface area (TPSA) is 42.4 Å². The lowest BCUT2D eigenvalue weighted by atomic mass is 10.1. The van der Waals surface area contributed by atoms with E-state index in [0.29, 0.717) is 11.3 Å². The third-order valence-electron chi connectivity index (χ3n) is 3.46. The smallest absolute Gasteiger partial charge is 0.258 e. The maximum atomic E-state index is 12.8. The lowest BCUT2D eigenvalue weighted by Crippen LogP contribution is -2.30. The molecule has 0 aliphatic carbocycles. The molecule has 1 atom stereocenters. The molecule has 1 aliphatic heterocycles. The Kier molecular flexibility index (Phi) is 4.10. The molecule has 0 saturated carbocycles. The minimum absolute atomic E-state index is 0.00584. The van der Waals surface area contributed by atoms with E-state index in [2.05, 4.69) is 4.98 Å². The zero-order chi connectivity index (χ0) is 14.7. The van der Waals surface area contributed by atoms with E-state index in [0.717, 1.165) is 17.9 Å². The summed E-state index contributed by atoms with van der Waals surface area (Å²) < 4.78 is 5.30. The predicted octanol–water partition coefficient (Wildman–Crippen LogP) is 2.98. The molecule has 21 heavy (non-hydrogen) atoms. The first-order valence-corrected chi connectivity index (χ1v) is 7.81. The molecule has 2 aromatic rings. The number of para-hydroxylation sites is 1. The van der Waals surface area contributed by atoms with Crippen LogP contribution in [0, 0.1) is 0 Å². The standard InChI is InChI=1S/C16H16N2O2S/c1-20-14-7-3-2-6-13(14)15(19)18-9-10-21-16(18)12-5-4-8-17-11-12/h2-8,11,16H,9-10H2,1H3/t16-/m0/s1. The molecule has 1 amide bonds. The van der Waals surface area contributed by atoms with Gasteiger partial charge < -0.3 is 9.64 Å². The average molecular weight is 300 g/mol. The van der Waals surface area contributed by atoms with Crippen molar-refractivity contribution in [3.63, 3.8) is 0 Å². The summed E-state index contributed by atoms with van der Waals surface area (Å²) in [5.41, 5.74) is 1.67. The zero-order valence-electron chi connectivity index (χ0n) is 11.7. The van der Waals surface area contributed by atoms with E-state index in [1.807, 2.05) is 47.5 Å². The van der Waals surface area contributed by atoms with Crippen molar-refractivity contribution in [2.75, 3.05) is 19.4 Å². The van der Waals surface area contributed by atoms with Crippen molar-refractivity contribution >= 4 is 17.7 Å². The minimum atomic E-state index is 0.00584. The summed E-state index contributed by atoms with van der Waals surface area (Å²) >= 11 is 1.76. The lowest BCUT2D eigenvalue weighted by molar-refractivity contribution is 0.0757. The number of benzene rings is 1. The molecular formula is C16H16N2O2S. The summed E-state index contributed by atoms with van der Waals surface area (Å²) in [4.78, 5) is 18.9. The van der Waals surface area contributed by atoms with Crippen LogP contribution in [0.1, 0.15) is 21.3 Å². The molecule has 0 unspecified atom stereocenters. The van der Waals surface area contributed by atoms with Crippen LogP contribution in [0.2, 0.25) is 0 Å². The van der Waals surface area contributed by atoms with Gasteiger partial charge in [-0.1, -0.05) is 18.2 Å². The number of hydrogen-bond donors (Lipinski definition) is 0. The first-order valence-electron chi connectivity index (χ1n) is 6.77. The number of rotatable bonds is 3. The third-order valence-corrected chi connectivity index (χ3v) is 4.72. The van der Waals surface area contributed by atoms with E-state index in [4.69, 9.17) is 4.74 Å². The second-order valence-corrected chi connectivity index (χ2v) is 5.90. The van der Waals surface area contributed by atoms with Crippen molar-refractivity contribution in [2.24, 2.45) is 0 Å². The highest BCUT2D eigenvalue weighted by molar-refractivity contribution is 7.99. The fourth-order valence-electron chi connectivity index (χ4n) is 2.45. The van der Waals surface area contributed by atoms with E-state index in [1.165, 1.54) is 0 Å². The first-order chi connectivity index (χ1) is 10.3. The fourth-order valence-corrected chi connectivity index (χ4v) is 3.69. The number of carbonyl (C=O) groups is 1. The molecule has 1 aromatic carbocycles. The van der Waals surface area contributed by atoms with Gasteiger partial charge in [-0.2, -0.15) is 0 Å². The van der Waals surface area contributed by atoms with Gasteiger partial charge in [-0.3, -0.25) is 9.78 Å². The van der Waals surface area contributed by atoms with Crippen LogP contribution < -0.4 is 4.74 Å². The highest BCUT2D eigenvalue weighted by atomic mass is 32.2. The Bertz CT molecular complexity index is 633. The van der Waals surface area contributed by atoms with Crippen molar-refractivity contribution in [3.8, 4) is 5.75 Å². The molecule has 3 rings (SSSR count). The molecule has 0 N–H and O–H groups in total. The van der Waals surface area contributed by atoms with Gasteiger partial charge in [0.1, 0.15) is 11.1 Å². The van der Waals surface area contributed by atoms with Crippen molar-refractivity contribution in [2.45, 2.75) is 5.37 Å². The van der Waals surface area contributed by atoms with Gasteiger partial charge in [0.25, 0.3) is 5.91 Å². The second kappa shape index (κ2) is 6.18. The highest BCUT2D eigenvalue weighted by Gasteiger charge is 2.32. The number of pyridine rings is 1. The number of hydrogen-bond acceptors (Lipinski definition) is 4. The van der Waals surface area contributed by atoms with Gasteiger partial charge in [-0.15, -0.1) is 11.8 Å². The average Bonchev–Trinajstić information content (AvgIpc) is 3.04. The summed E-state index contributed by atoms with van der Waals surface area (Å²) in [6, 6.07) is 11.3. The summed E-state index contributed by atoms with van der Waals surface area (Å²) in [6.07, 6.45) is 3.57. The maximum Gasteiger partial charge on any atom is 0.258 e. The van der Waals surface area contributed by atoms with Gasteiger partial charge in [0, 0.05) is 30.3 Å². The molecule has 1 aromatic heterocycles. The number of ether oxygens (including phenoxy) is 1. The van der Waals surface area contributed by atoms with Crippen LogP contribution in [-0.4, -0.2) is 35.2 Å². The van der Waals surface area contributed by atoms with Gasteiger partial charge in [0.05, 0.1) is 12.7 Å². The van der Waals surface area contributed by atoms with Crippen LogP contribution in [0.3, 0.4) is 0 Å². The van der Waals surface area contributed by atoms with E-state index in [9.17, 15) is 4.79 Å². The molecule has 0 spiro atoms. The van der Waals surface area contributed by atoms with Crippen molar-refractivity contribution in [1.82, 2.24) is 9.88 Å². The molecule has 2 heterocycles. The molecule has 1 aliphatic rings. The minimum Gasteiger partial charge on any atom is -0.496 e. The van der Waals surface area contributed by atoms with Crippen LogP contribution in [0.4, 0.5) is 0 Å². The third kappa shape index (κ3) is 2.74. The second-order valence-electron chi connectivity index (χ2n) is 4.71. The van der Waals surface area contributed by atoms with E-state index in [-0.39, 0.29) is 11.3 Å². The highest BCUT2D eigenvalue weighted by Crippen LogP contribution is 2.39. The Balaban J connectivity index is 1.90. The van der Waals surface area contributed by atoms with Gasteiger partial charge in [-0.05, 0) is 18.2 Å². The maximum absolute atomic E-state index is 12.8. The number of nitrogens with zero attached hydrogens (tertiary/aromatic N) is 2. The van der Waals surface area contributed by atoms with Gasteiger partial charge in [0.2, 0.25) is 0 Å². The summed E-state index contributed by atoms with van der Waals surface area (Å²) in [5.74, 6) is 1.55. The largest absolute Gasteiger partial charge is 0.496 e. The van der Waals surface area contributed by atoms with E-state index >= 15 is 0 Å². The molecular weight excluding hydrogens is 284 g/mol. The zero-order valence-corrected chi connectivity index (χ0v) is 12.5. The Morgan fingerprint density at radius 1 is 1.33 bits per heavy atom.